The molecule has 0 spiro atoms. The molecular formula is C2H5N4OV-. The second-order valence-corrected chi connectivity index (χ2v) is 1.18. The first-order valence-corrected chi connectivity index (χ1v) is 1.80. The molecule has 0 aliphatic carbocycles. The number of nitrogens with zero attached hydrogens (tertiary/aromatic N) is 2. The molecule has 45 valence electrons. The fourth-order valence-electron chi connectivity index (χ4n) is 0.271. The summed E-state index contributed by atoms with van der Waals surface area (Å²) in [5.41, 5.74) is 7.95. The summed E-state index contributed by atoms with van der Waals surface area (Å²) < 4.78 is 0. The van der Waals surface area contributed by atoms with Gasteiger partial charge in [0.2, 0.25) is 0 Å². The monoisotopic (exact) mass is 152 g/mol. The zero-order valence-electron chi connectivity index (χ0n) is 4.25. The van der Waals surface area contributed by atoms with Crippen molar-refractivity contribution in [2.24, 2.45) is 0 Å². The Hall–Kier alpha value is -0.226. The largest absolute Gasteiger partial charge is 0.374 e. The Balaban J connectivity index is 0.000000490. The summed E-state index contributed by atoms with van der Waals surface area (Å²) >= 11 is 0. The van der Waals surface area contributed by atoms with Gasteiger partial charge in [-0.15, -0.1) is 0 Å². The Morgan fingerprint density at radius 2 is 2.38 bits per heavy atom. The normalized spacial score (nSPS) is 17.6. The molecule has 2 N–H and O–H groups in total. The maximum atomic E-state index is 10.2. The molecule has 0 aromatic rings. The summed E-state index contributed by atoms with van der Waals surface area (Å²) in [5.74, 6) is 0. The minimum Gasteiger partial charge on any atom is -0.374 e. The summed E-state index contributed by atoms with van der Waals surface area (Å²) in [6.07, 6.45) is 0. The van der Waals surface area contributed by atoms with Crippen LogP contribution in [0.4, 0.5) is 4.79 Å². The molecule has 0 aromatic carbocycles. The molecule has 5 nitrogen and oxygen atoms in total. The van der Waals surface area contributed by atoms with Gasteiger partial charge in [-0.3, -0.25) is 4.79 Å². The maximum absolute atomic E-state index is 10.2. The third-order valence-corrected chi connectivity index (χ3v) is 0.656. The van der Waals surface area contributed by atoms with Gasteiger partial charge in [-0.1, -0.05) is 0 Å². The van der Waals surface area contributed by atoms with Crippen LogP contribution in [0.1, 0.15) is 0 Å². The molecular weight excluding hydrogens is 147 g/mol. The van der Waals surface area contributed by atoms with Crippen LogP contribution in [0.25, 0.3) is 5.43 Å². The van der Waals surface area contributed by atoms with Gasteiger partial charge in [-0.2, -0.15) is 0 Å². The first-order valence-electron chi connectivity index (χ1n) is 1.80. The average molecular weight is 152 g/mol. The average Bonchev–Trinajstić information content (AvgIpc) is 1.91. The minimum absolute atomic E-state index is 0. The van der Waals surface area contributed by atoms with Gasteiger partial charge in [0, 0.05) is 18.6 Å². The van der Waals surface area contributed by atoms with Crippen LogP contribution in [0, 0.1) is 0 Å². The molecule has 0 atom stereocenters. The van der Waals surface area contributed by atoms with Crippen LogP contribution in [0.5, 0.6) is 0 Å². The van der Waals surface area contributed by atoms with Gasteiger partial charge < -0.3 is 10.4 Å². The number of carbonyl (C=O) groups is 1. The van der Waals surface area contributed by atoms with Crippen molar-refractivity contribution in [3.63, 3.8) is 0 Å². The van der Waals surface area contributed by atoms with E-state index in [1.165, 1.54) is 5.01 Å². The molecule has 1 radical (unpaired) electrons. The van der Waals surface area contributed by atoms with Crippen LogP contribution >= 0.6 is 0 Å². The molecule has 6 heteroatoms. The number of carbonyl (C=O) groups excluding carboxylic acids is 1. The minimum atomic E-state index is -0.306. The molecule has 1 saturated heterocycles. The van der Waals surface area contributed by atoms with E-state index in [-0.39, 0.29) is 24.6 Å². The fourth-order valence-corrected chi connectivity index (χ4v) is 0.271. The van der Waals surface area contributed by atoms with Crippen LogP contribution in [0.3, 0.4) is 0 Å². The Morgan fingerprint density at radius 1 is 1.75 bits per heavy atom. The quantitative estimate of drug-likeness (QED) is 0.484. The molecule has 1 fully saturated rings. The molecule has 0 aromatic heterocycles. The Bertz CT molecular complexity index is 96.0. The summed E-state index contributed by atoms with van der Waals surface area (Å²) in [6, 6.07) is -0.306. The molecule has 0 saturated carbocycles. The predicted octanol–water partition coefficient (Wildman–Crippen LogP) is -0.653. The smallest absolute Gasteiger partial charge is 0.180 e. The van der Waals surface area contributed by atoms with E-state index >= 15 is 0 Å². The molecule has 1 aliphatic heterocycles. The molecule has 1 rings (SSSR count). The summed E-state index contributed by atoms with van der Waals surface area (Å²) in [4.78, 5) is 10.2. The van der Waals surface area contributed by atoms with Gasteiger partial charge in [-0.05, 0) is 7.05 Å². The SMILES string of the molecule is CN1NN[N-]C1=O.[V]. The third kappa shape index (κ3) is 1.38. The van der Waals surface area contributed by atoms with Crippen LogP contribution in [-0.4, -0.2) is 18.1 Å². The van der Waals surface area contributed by atoms with Crippen LogP contribution in [-0.2, 0) is 18.6 Å². The van der Waals surface area contributed by atoms with Crippen molar-refractivity contribution in [2.75, 3.05) is 7.05 Å². The second kappa shape index (κ2) is 2.93. The van der Waals surface area contributed by atoms with Crippen molar-refractivity contribution in [2.45, 2.75) is 0 Å². The van der Waals surface area contributed by atoms with Gasteiger partial charge in [0.05, 0.1) is 0 Å². The first kappa shape index (κ1) is 7.77. The van der Waals surface area contributed by atoms with E-state index in [4.69, 9.17) is 0 Å². The summed E-state index contributed by atoms with van der Waals surface area (Å²) in [7, 11) is 1.58. The van der Waals surface area contributed by atoms with Gasteiger partial charge in [0.25, 0.3) is 0 Å². The van der Waals surface area contributed by atoms with Crippen LogP contribution in [0.2, 0.25) is 0 Å². The first-order chi connectivity index (χ1) is 3.30. The number of amides is 2. The number of hydrazine groups is 2. The Kier molecular flexibility index (Phi) is 2.85. The molecule has 1 heterocycles. The Morgan fingerprint density at radius 3 is 2.50 bits per heavy atom. The molecule has 8 heavy (non-hydrogen) atoms. The van der Waals surface area contributed by atoms with Crippen molar-refractivity contribution in [1.29, 1.82) is 0 Å². The molecule has 0 unspecified atom stereocenters. The van der Waals surface area contributed by atoms with Crippen molar-refractivity contribution >= 4 is 6.03 Å². The zero-order valence-corrected chi connectivity index (χ0v) is 5.65. The Labute approximate surface area is 58.6 Å². The topological polar surface area (TPSA) is 58.5 Å². The van der Waals surface area contributed by atoms with Gasteiger partial charge >= 0.3 is 0 Å². The summed E-state index contributed by atoms with van der Waals surface area (Å²) in [5, 5.41) is 1.24. The molecule has 0 bridgehead atoms. The van der Waals surface area contributed by atoms with E-state index in [1.807, 2.05) is 0 Å². The van der Waals surface area contributed by atoms with Crippen LogP contribution in [0.15, 0.2) is 0 Å². The number of rotatable bonds is 0. The number of nitrogens with one attached hydrogen (secondary N) is 2. The van der Waals surface area contributed by atoms with Gasteiger partial charge in [0.15, 0.2) is 6.03 Å². The second-order valence-electron chi connectivity index (χ2n) is 1.18. The van der Waals surface area contributed by atoms with E-state index in [0.717, 1.165) is 0 Å². The number of hydrogen-bond acceptors (Lipinski definition) is 3. The van der Waals surface area contributed by atoms with Gasteiger partial charge in [0.1, 0.15) is 0 Å². The van der Waals surface area contributed by atoms with E-state index in [9.17, 15) is 4.79 Å². The summed E-state index contributed by atoms with van der Waals surface area (Å²) in [6.45, 7) is 0. The van der Waals surface area contributed by atoms with E-state index < -0.39 is 0 Å². The number of hydrogen-bond donors (Lipinski definition) is 2. The van der Waals surface area contributed by atoms with Crippen molar-refractivity contribution < 1.29 is 23.4 Å². The zero-order chi connectivity index (χ0) is 5.28. The van der Waals surface area contributed by atoms with Crippen LogP contribution < -0.4 is 11.1 Å². The van der Waals surface area contributed by atoms with Crippen molar-refractivity contribution in [3.8, 4) is 0 Å². The number of urea groups is 1. The third-order valence-electron chi connectivity index (χ3n) is 0.656. The standard InChI is InChI=1S/C2H6N4O.V/c1-6-2(7)3-4-5-6;/h4-5H,1H3,(H,3,7);/p-1. The molecule has 1 aliphatic rings. The fraction of sp³-hybridized carbons (Fsp3) is 0.500. The maximum Gasteiger partial charge on any atom is 0.180 e. The van der Waals surface area contributed by atoms with Gasteiger partial charge in [-0.25, -0.2) is 11.1 Å². The van der Waals surface area contributed by atoms with Crippen molar-refractivity contribution in [1.82, 2.24) is 16.1 Å². The van der Waals surface area contributed by atoms with E-state index in [1.54, 1.807) is 7.05 Å². The predicted molar refractivity (Wildman–Crippen MR) is 22.8 cm³/mol. The molecule has 2 amide bonds. The van der Waals surface area contributed by atoms with Crippen molar-refractivity contribution in [3.05, 3.63) is 5.43 Å². The van der Waals surface area contributed by atoms with E-state index in [2.05, 4.69) is 16.5 Å². The van der Waals surface area contributed by atoms with E-state index in [0.29, 0.717) is 0 Å².